The summed E-state index contributed by atoms with van der Waals surface area (Å²) in [5.74, 6) is -0.187. The molecule has 8 heteroatoms. The number of amides is 2. The summed E-state index contributed by atoms with van der Waals surface area (Å²) in [6.07, 6.45) is 1.24. The van der Waals surface area contributed by atoms with Gasteiger partial charge in [0.2, 0.25) is 11.8 Å². The van der Waals surface area contributed by atoms with E-state index in [2.05, 4.69) is 5.32 Å². The Morgan fingerprint density at radius 2 is 2.12 bits per heavy atom. The number of ether oxygens (including phenoxy) is 2. The summed E-state index contributed by atoms with van der Waals surface area (Å²) in [7, 11) is 1.56. The molecule has 2 rings (SSSR count). The van der Waals surface area contributed by atoms with Gasteiger partial charge in [-0.1, -0.05) is 30.0 Å². The molecule has 0 bridgehead atoms. The SMILES string of the molecule is CCOC(=O)/C=C1\SCC(=O)N1CC(=O)NCc1ccccc1OC. The molecule has 1 fully saturated rings. The highest BCUT2D eigenvalue weighted by atomic mass is 32.2. The van der Waals surface area contributed by atoms with Crippen molar-refractivity contribution in [2.75, 3.05) is 26.0 Å². The van der Waals surface area contributed by atoms with Gasteiger partial charge >= 0.3 is 5.97 Å². The summed E-state index contributed by atoms with van der Waals surface area (Å²) in [5.41, 5.74) is 0.836. The standard InChI is InChI=1S/C17H20N2O5S/c1-3-24-17(22)8-16-19(15(21)11-25-16)10-14(20)18-9-12-6-4-5-7-13(12)23-2/h4-8H,3,9-11H2,1-2H3,(H,18,20)/b16-8-. The van der Waals surface area contributed by atoms with Gasteiger partial charge < -0.3 is 14.8 Å². The summed E-state index contributed by atoms with van der Waals surface area (Å²) < 4.78 is 10.1. The minimum absolute atomic E-state index is 0.147. The zero-order valence-electron chi connectivity index (χ0n) is 14.1. The van der Waals surface area contributed by atoms with Crippen LogP contribution in [-0.2, 0) is 25.7 Å². The van der Waals surface area contributed by atoms with Crippen molar-refractivity contribution in [3.8, 4) is 5.75 Å². The first-order chi connectivity index (χ1) is 12.0. The monoisotopic (exact) mass is 364 g/mol. The minimum atomic E-state index is -0.529. The molecule has 0 atom stereocenters. The van der Waals surface area contributed by atoms with Gasteiger partial charge in [-0.25, -0.2) is 4.79 Å². The van der Waals surface area contributed by atoms with Gasteiger partial charge in [0.15, 0.2) is 0 Å². The molecule has 7 nitrogen and oxygen atoms in total. The molecule has 0 unspecified atom stereocenters. The average molecular weight is 364 g/mol. The Balaban J connectivity index is 1.96. The van der Waals surface area contributed by atoms with Crippen LogP contribution in [0.5, 0.6) is 5.75 Å². The van der Waals surface area contributed by atoms with Crippen LogP contribution in [0.25, 0.3) is 0 Å². The molecule has 1 N–H and O–H groups in total. The lowest BCUT2D eigenvalue weighted by Gasteiger charge is -2.17. The van der Waals surface area contributed by atoms with Crippen molar-refractivity contribution in [3.05, 3.63) is 40.9 Å². The Morgan fingerprint density at radius 1 is 1.36 bits per heavy atom. The second-order valence-electron chi connectivity index (χ2n) is 5.09. The van der Waals surface area contributed by atoms with E-state index in [-0.39, 0.29) is 37.3 Å². The van der Waals surface area contributed by atoms with Gasteiger partial charge in [0.25, 0.3) is 0 Å². The quantitative estimate of drug-likeness (QED) is 0.580. The normalized spacial score (nSPS) is 15.4. The molecule has 25 heavy (non-hydrogen) atoms. The fraction of sp³-hybridized carbons (Fsp3) is 0.353. The van der Waals surface area contributed by atoms with Gasteiger partial charge in [0, 0.05) is 12.1 Å². The highest BCUT2D eigenvalue weighted by molar-refractivity contribution is 8.04. The minimum Gasteiger partial charge on any atom is -0.496 e. The first kappa shape index (κ1) is 18.9. The maximum atomic E-state index is 12.2. The lowest BCUT2D eigenvalue weighted by Crippen LogP contribution is -2.37. The lowest BCUT2D eigenvalue weighted by atomic mass is 10.2. The molecule has 0 spiro atoms. The summed E-state index contributed by atoms with van der Waals surface area (Å²) in [6.45, 7) is 2.09. The lowest BCUT2D eigenvalue weighted by molar-refractivity contribution is -0.137. The van der Waals surface area contributed by atoms with Crippen LogP contribution in [-0.4, -0.2) is 48.7 Å². The van der Waals surface area contributed by atoms with Crippen LogP contribution in [0, 0.1) is 0 Å². The molecule has 0 saturated carbocycles. The van der Waals surface area contributed by atoms with Crippen molar-refractivity contribution in [3.63, 3.8) is 0 Å². The molecule has 1 saturated heterocycles. The number of nitrogens with zero attached hydrogens (tertiary/aromatic N) is 1. The Kier molecular flexibility index (Phi) is 6.88. The van der Waals surface area contributed by atoms with E-state index in [4.69, 9.17) is 9.47 Å². The summed E-state index contributed by atoms with van der Waals surface area (Å²) in [4.78, 5) is 37.0. The third kappa shape index (κ3) is 5.25. The maximum absolute atomic E-state index is 12.2. The van der Waals surface area contributed by atoms with E-state index < -0.39 is 5.97 Å². The van der Waals surface area contributed by atoms with E-state index in [0.717, 1.165) is 5.56 Å². The number of carbonyl (C=O) groups is 3. The molecule has 134 valence electrons. The second-order valence-corrected chi connectivity index (χ2v) is 6.09. The van der Waals surface area contributed by atoms with Gasteiger partial charge in [-0.05, 0) is 13.0 Å². The molecule has 1 aliphatic heterocycles. The van der Waals surface area contributed by atoms with E-state index in [1.165, 1.54) is 22.7 Å². The molecule has 0 aromatic heterocycles. The van der Waals surface area contributed by atoms with Gasteiger partial charge in [-0.2, -0.15) is 0 Å². The zero-order chi connectivity index (χ0) is 18.2. The van der Waals surface area contributed by atoms with Crippen molar-refractivity contribution in [2.24, 2.45) is 0 Å². The number of carbonyl (C=O) groups excluding carboxylic acids is 3. The summed E-state index contributed by atoms with van der Waals surface area (Å²) in [6, 6.07) is 7.35. The van der Waals surface area contributed by atoms with Crippen molar-refractivity contribution in [2.45, 2.75) is 13.5 Å². The predicted octanol–water partition coefficient (Wildman–Crippen LogP) is 1.29. The summed E-state index contributed by atoms with van der Waals surface area (Å²) >= 11 is 1.21. The first-order valence-electron chi connectivity index (χ1n) is 7.75. The van der Waals surface area contributed by atoms with Gasteiger partial charge in [0.05, 0.1) is 30.6 Å². The van der Waals surface area contributed by atoms with Crippen molar-refractivity contribution < 1.29 is 23.9 Å². The van der Waals surface area contributed by atoms with Crippen LogP contribution in [0.3, 0.4) is 0 Å². The molecule has 2 amide bonds. The molecule has 1 aliphatic rings. The van der Waals surface area contributed by atoms with Crippen molar-refractivity contribution >= 4 is 29.5 Å². The number of rotatable bonds is 7. The van der Waals surface area contributed by atoms with E-state index in [1.807, 2.05) is 24.3 Å². The fourth-order valence-corrected chi connectivity index (χ4v) is 3.16. The highest BCUT2D eigenvalue weighted by Gasteiger charge is 2.29. The van der Waals surface area contributed by atoms with Gasteiger partial charge in [-0.15, -0.1) is 0 Å². The number of thioether (sulfide) groups is 1. The van der Waals surface area contributed by atoms with Crippen LogP contribution in [0.15, 0.2) is 35.4 Å². The molecule has 1 aromatic rings. The van der Waals surface area contributed by atoms with E-state index in [0.29, 0.717) is 10.8 Å². The van der Waals surface area contributed by atoms with Crippen LogP contribution in [0.2, 0.25) is 0 Å². The molecule has 1 heterocycles. The number of esters is 1. The number of hydrogen-bond donors (Lipinski definition) is 1. The topological polar surface area (TPSA) is 84.9 Å². The fourth-order valence-electron chi connectivity index (χ4n) is 2.23. The van der Waals surface area contributed by atoms with Crippen molar-refractivity contribution in [1.29, 1.82) is 0 Å². The Morgan fingerprint density at radius 3 is 2.84 bits per heavy atom. The zero-order valence-corrected chi connectivity index (χ0v) is 14.9. The Bertz CT molecular complexity index is 689. The van der Waals surface area contributed by atoms with Crippen LogP contribution >= 0.6 is 11.8 Å². The molecular formula is C17H20N2O5S. The Labute approximate surface area is 150 Å². The third-order valence-corrected chi connectivity index (χ3v) is 4.43. The van der Waals surface area contributed by atoms with Gasteiger partial charge in [0.1, 0.15) is 12.3 Å². The second kappa shape index (κ2) is 9.12. The third-order valence-electron chi connectivity index (χ3n) is 3.41. The number of nitrogens with one attached hydrogen (secondary N) is 1. The Hall–Kier alpha value is -2.48. The largest absolute Gasteiger partial charge is 0.496 e. The summed E-state index contributed by atoms with van der Waals surface area (Å²) in [5, 5.41) is 3.18. The molecule has 1 aromatic carbocycles. The molecular weight excluding hydrogens is 344 g/mol. The smallest absolute Gasteiger partial charge is 0.333 e. The first-order valence-corrected chi connectivity index (χ1v) is 8.74. The maximum Gasteiger partial charge on any atom is 0.333 e. The predicted molar refractivity (Wildman–Crippen MR) is 93.7 cm³/mol. The van der Waals surface area contributed by atoms with Crippen LogP contribution in [0.4, 0.5) is 0 Å². The number of benzene rings is 1. The van der Waals surface area contributed by atoms with Crippen LogP contribution < -0.4 is 10.1 Å². The van der Waals surface area contributed by atoms with Crippen LogP contribution in [0.1, 0.15) is 12.5 Å². The molecule has 0 aliphatic carbocycles. The van der Waals surface area contributed by atoms with E-state index in [1.54, 1.807) is 14.0 Å². The molecule has 0 radical (unpaired) electrons. The number of methoxy groups -OCH3 is 1. The van der Waals surface area contributed by atoms with Crippen molar-refractivity contribution in [1.82, 2.24) is 10.2 Å². The van der Waals surface area contributed by atoms with Gasteiger partial charge in [-0.3, -0.25) is 14.5 Å². The number of hydrogen-bond acceptors (Lipinski definition) is 6. The highest BCUT2D eigenvalue weighted by Crippen LogP contribution is 2.28. The van der Waals surface area contributed by atoms with E-state index in [9.17, 15) is 14.4 Å². The average Bonchev–Trinajstić information content (AvgIpc) is 2.93. The number of para-hydroxylation sites is 1. The van der Waals surface area contributed by atoms with E-state index >= 15 is 0 Å².